The second-order valence-corrected chi connectivity index (χ2v) is 8.37. The molecule has 0 saturated carbocycles. The number of thiophene rings is 1. The van der Waals surface area contributed by atoms with E-state index in [-0.39, 0.29) is 0 Å². The summed E-state index contributed by atoms with van der Waals surface area (Å²) in [5.74, 6) is 1.30. The molecule has 0 saturated heterocycles. The van der Waals surface area contributed by atoms with Crippen molar-refractivity contribution in [3.8, 4) is 0 Å². The summed E-state index contributed by atoms with van der Waals surface area (Å²) in [6.45, 7) is 2.29. The molecule has 2 heteroatoms. The van der Waals surface area contributed by atoms with Crippen molar-refractivity contribution in [3.05, 3.63) is 17.5 Å². The summed E-state index contributed by atoms with van der Waals surface area (Å²) in [5.41, 5.74) is 0. The Kier molecular flexibility index (Phi) is 13.6. The Hall–Kier alpha value is 0.0500. The van der Waals surface area contributed by atoms with Gasteiger partial charge in [0, 0.05) is 0 Å². The Balaban J connectivity index is 1.69. The first kappa shape index (κ1) is 19.1. The lowest BCUT2D eigenvalue weighted by Gasteiger charge is -2.03. The van der Waals surface area contributed by atoms with Crippen LogP contribution in [0.4, 0.5) is 0 Å². The maximum atomic E-state index is 2.29. The maximum absolute atomic E-state index is 2.29. The third-order valence-corrected chi connectivity index (χ3v) is 6.20. The van der Waals surface area contributed by atoms with Crippen molar-refractivity contribution in [1.29, 1.82) is 0 Å². The molecule has 0 nitrogen and oxygen atoms in total. The lowest BCUT2D eigenvalue weighted by Crippen LogP contribution is -1.84. The SMILES string of the molecule is CCCCCCCCCCCCCCCSc1cccs1. The van der Waals surface area contributed by atoms with Gasteiger partial charge >= 0.3 is 0 Å². The highest BCUT2D eigenvalue weighted by Crippen LogP contribution is 2.24. The highest BCUT2D eigenvalue weighted by atomic mass is 32.2. The predicted octanol–water partition coefficient (Wildman–Crippen LogP) is 7.93. The third-order valence-electron chi connectivity index (χ3n) is 3.99. The molecule has 0 bridgehead atoms. The molecule has 0 spiro atoms. The Bertz CT molecular complexity index is 293. The van der Waals surface area contributed by atoms with Crippen LogP contribution < -0.4 is 0 Å². The first-order valence-electron chi connectivity index (χ1n) is 9.10. The molecule has 0 amide bonds. The molecule has 0 aliphatic heterocycles. The Morgan fingerprint density at radius 3 is 1.76 bits per heavy atom. The van der Waals surface area contributed by atoms with Crippen LogP contribution in [0.1, 0.15) is 90.4 Å². The van der Waals surface area contributed by atoms with Gasteiger partial charge in [0.15, 0.2) is 0 Å². The van der Waals surface area contributed by atoms with E-state index in [2.05, 4.69) is 24.4 Å². The van der Waals surface area contributed by atoms with Gasteiger partial charge in [-0.25, -0.2) is 0 Å². The van der Waals surface area contributed by atoms with Crippen LogP contribution in [0.5, 0.6) is 0 Å². The average molecular weight is 327 g/mol. The van der Waals surface area contributed by atoms with Crippen LogP contribution in [0.25, 0.3) is 0 Å². The third kappa shape index (κ3) is 12.3. The van der Waals surface area contributed by atoms with E-state index in [1.165, 1.54) is 93.4 Å². The van der Waals surface area contributed by atoms with Gasteiger partial charge in [0.25, 0.3) is 0 Å². The van der Waals surface area contributed by atoms with Crippen molar-refractivity contribution < 1.29 is 0 Å². The summed E-state index contributed by atoms with van der Waals surface area (Å²) in [5, 5.41) is 2.17. The fourth-order valence-corrected chi connectivity index (χ4v) is 4.50. The van der Waals surface area contributed by atoms with Crippen LogP contribution in [-0.4, -0.2) is 5.75 Å². The molecular weight excluding hydrogens is 292 g/mol. The average Bonchev–Trinajstić information content (AvgIpc) is 3.01. The number of rotatable bonds is 15. The van der Waals surface area contributed by atoms with Crippen molar-refractivity contribution in [1.82, 2.24) is 0 Å². The van der Waals surface area contributed by atoms with Gasteiger partial charge in [0.2, 0.25) is 0 Å². The highest BCUT2D eigenvalue weighted by Gasteiger charge is 1.96. The van der Waals surface area contributed by atoms with Crippen LogP contribution in [0.15, 0.2) is 21.7 Å². The molecule has 0 radical (unpaired) electrons. The van der Waals surface area contributed by atoms with Crippen LogP contribution in [0.2, 0.25) is 0 Å². The van der Waals surface area contributed by atoms with E-state index in [1.807, 2.05) is 23.1 Å². The molecule has 1 aromatic rings. The lowest BCUT2D eigenvalue weighted by molar-refractivity contribution is 0.543. The number of hydrogen-bond acceptors (Lipinski definition) is 2. The molecule has 0 atom stereocenters. The molecule has 1 aromatic heterocycles. The maximum Gasteiger partial charge on any atom is 0.0598 e. The summed E-state index contributed by atoms with van der Waals surface area (Å²) in [7, 11) is 0. The first-order chi connectivity index (χ1) is 10.4. The van der Waals surface area contributed by atoms with E-state index < -0.39 is 0 Å². The van der Waals surface area contributed by atoms with Crippen molar-refractivity contribution in [2.24, 2.45) is 0 Å². The Morgan fingerprint density at radius 2 is 1.29 bits per heavy atom. The quantitative estimate of drug-likeness (QED) is 0.233. The minimum Gasteiger partial charge on any atom is -0.137 e. The standard InChI is InChI=1S/C19H34S2/c1-2-3-4-5-6-7-8-9-10-11-12-13-14-17-20-19-16-15-18-21-19/h15-16,18H,2-14,17H2,1H3. The van der Waals surface area contributed by atoms with E-state index in [0.717, 1.165) is 0 Å². The van der Waals surface area contributed by atoms with E-state index in [9.17, 15) is 0 Å². The molecule has 0 fully saturated rings. The van der Waals surface area contributed by atoms with Crippen LogP contribution in [-0.2, 0) is 0 Å². The van der Waals surface area contributed by atoms with Crippen molar-refractivity contribution in [2.45, 2.75) is 94.6 Å². The van der Waals surface area contributed by atoms with Crippen molar-refractivity contribution in [3.63, 3.8) is 0 Å². The second kappa shape index (κ2) is 15.0. The fraction of sp³-hybridized carbons (Fsp3) is 0.789. The predicted molar refractivity (Wildman–Crippen MR) is 101 cm³/mol. The number of unbranched alkanes of at least 4 members (excludes halogenated alkanes) is 12. The van der Waals surface area contributed by atoms with E-state index >= 15 is 0 Å². The number of thioether (sulfide) groups is 1. The smallest absolute Gasteiger partial charge is 0.0598 e. The molecule has 1 rings (SSSR count). The molecule has 0 aliphatic rings. The number of hydrogen-bond donors (Lipinski definition) is 0. The van der Waals surface area contributed by atoms with Gasteiger partial charge in [0.05, 0.1) is 4.21 Å². The van der Waals surface area contributed by atoms with Crippen molar-refractivity contribution in [2.75, 3.05) is 5.75 Å². The molecule has 0 N–H and O–H groups in total. The summed E-state index contributed by atoms with van der Waals surface area (Å²) in [6, 6.07) is 4.38. The molecule has 1 heterocycles. The Morgan fingerprint density at radius 1 is 0.762 bits per heavy atom. The van der Waals surface area contributed by atoms with Crippen LogP contribution in [0.3, 0.4) is 0 Å². The molecule has 122 valence electrons. The largest absolute Gasteiger partial charge is 0.137 e. The van der Waals surface area contributed by atoms with Crippen molar-refractivity contribution >= 4 is 23.1 Å². The van der Waals surface area contributed by atoms with Gasteiger partial charge < -0.3 is 0 Å². The van der Waals surface area contributed by atoms with Gasteiger partial charge in [-0.3, -0.25) is 0 Å². The zero-order valence-electron chi connectivity index (χ0n) is 13.9. The highest BCUT2D eigenvalue weighted by molar-refractivity contribution is 8.01. The molecule has 0 aliphatic carbocycles. The van der Waals surface area contributed by atoms with Gasteiger partial charge in [-0.2, -0.15) is 0 Å². The molecular formula is C19H34S2. The van der Waals surface area contributed by atoms with Gasteiger partial charge in [0.1, 0.15) is 0 Å². The topological polar surface area (TPSA) is 0 Å². The fourth-order valence-electron chi connectivity index (χ4n) is 2.64. The minimum atomic E-state index is 1.30. The van der Waals surface area contributed by atoms with E-state index in [4.69, 9.17) is 0 Å². The lowest BCUT2D eigenvalue weighted by atomic mass is 10.1. The van der Waals surface area contributed by atoms with E-state index in [0.29, 0.717) is 0 Å². The molecule has 0 aromatic carbocycles. The summed E-state index contributed by atoms with van der Waals surface area (Å²) < 4.78 is 1.48. The minimum absolute atomic E-state index is 1.30. The zero-order chi connectivity index (χ0) is 15.0. The van der Waals surface area contributed by atoms with Gasteiger partial charge in [-0.15, -0.1) is 23.1 Å². The summed E-state index contributed by atoms with van der Waals surface area (Å²) in [6.07, 6.45) is 18.8. The normalized spacial score (nSPS) is 11.1. The Labute approximate surface area is 141 Å². The van der Waals surface area contributed by atoms with Crippen LogP contribution >= 0.6 is 23.1 Å². The summed E-state index contributed by atoms with van der Waals surface area (Å²) in [4.78, 5) is 0. The van der Waals surface area contributed by atoms with Gasteiger partial charge in [-0.05, 0) is 23.6 Å². The molecule has 0 unspecified atom stereocenters. The first-order valence-corrected chi connectivity index (χ1v) is 11.0. The summed E-state index contributed by atoms with van der Waals surface area (Å²) >= 11 is 3.90. The second-order valence-electron chi connectivity index (χ2n) is 6.02. The van der Waals surface area contributed by atoms with Gasteiger partial charge in [-0.1, -0.05) is 90.0 Å². The zero-order valence-corrected chi connectivity index (χ0v) is 15.6. The van der Waals surface area contributed by atoms with E-state index in [1.54, 1.807) is 0 Å². The molecule has 21 heavy (non-hydrogen) atoms. The van der Waals surface area contributed by atoms with Crippen LogP contribution in [0, 0.1) is 0 Å². The monoisotopic (exact) mass is 326 g/mol.